The molecule has 1 amide bonds. The van der Waals surface area contributed by atoms with Gasteiger partial charge in [-0.2, -0.15) is 0 Å². The van der Waals surface area contributed by atoms with Gasteiger partial charge < -0.3 is 18.9 Å². The van der Waals surface area contributed by atoms with Gasteiger partial charge in [0, 0.05) is 36.1 Å². The highest BCUT2D eigenvalue weighted by molar-refractivity contribution is 6.30. The van der Waals surface area contributed by atoms with Gasteiger partial charge in [0.15, 0.2) is 0 Å². The second kappa shape index (κ2) is 10.4. The van der Waals surface area contributed by atoms with Crippen molar-refractivity contribution in [3.8, 4) is 11.5 Å². The average Bonchev–Trinajstić information content (AvgIpc) is 3.45. The number of hydrogen-bond acceptors (Lipinski definition) is 4. The van der Waals surface area contributed by atoms with Crippen LogP contribution in [0.25, 0.3) is 11.0 Å². The Kier molecular flexibility index (Phi) is 6.91. The Labute approximate surface area is 210 Å². The Morgan fingerprint density at radius 1 is 0.971 bits per heavy atom. The number of benzene rings is 3. The van der Waals surface area contributed by atoms with E-state index in [1.807, 2.05) is 71.6 Å². The zero-order valence-corrected chi connectivity index (χ0v) is 20.4. The first-order chi connectivity index (χ1) is 17.1. The van der Waals surface area contributed by atoms with Crippen molar-refractivity contribution in [2.24, 2.45) is 0 Å². The molecule has 1 atom stereocenters. The quantitative estimate of drug-likeness (QED) is 0.267. The number of halogens is 1. The summed E-state index contributed by atoms with van der Waals surface area (Å²) in [6.07, 6.45) is 2.32. The fraction of sp³-hybridized carbons (Fsp3) is 0.286. The molecule has 1 saturated heterocycles. The summed E-state index contributed by atoms with van der Waals surface area (Å²) in [5.41, 5.74) is 2.95. The molecule has 0 aliphatic carbocycles. The summed E-state index contributed by atoms with van der Waals surface area (Å²) in [4.78, 5) is 19.7. The van der Waals surface area contributed by atoms with E-state index in [9.17, 15) is 4.79 Å². The van der Waals surface area contributed by atoms with Crippen LogP contribution in [0.1, 0.15) is 31.0 Å². The van der Waals surface area contributed by atoms with E-state index in [0.29, 0.717) is 24.6 Å². The fourth-order valence-electron chi connectivity index (χ4n) is 4.63. The summed E-state index contributed by atoms with van der Waals surface area (Å²) in [6, 6.07) is 23.3. The molecule has 1 aliphatic heterocycles. The standard InChI is InChI=1S/C28H28ClN3O3/c1-34-23-12-14-24(15-13-23)35-17-5-4-16-31-26-7-3-2-6-25(26)30-28(31)20-18-27(33)32(19-20)22-10-8-21(29)9-11-22/h2-3,6-15,20H,4-5,16-19H2,1H3. The summed E-state index contributed by atoms with van der Waals surface area (Å²) >= 11 is 6.03. The van der Waals surface area contributed by atoms with Gasteiger partial charge in [-0.25, -0.2) is 4.98 Å². The van der Waals surface area contributed by atoms with Gasteiger partial charge in [-0.1, -0.05) is 23.7 Å². The van der Waals surface area contributed by atoms with Crippen molar-refractivity contribution in [3.63, 3.8) is 0 Å². The van der Waals surface area contributed by atoms with Crippen LogP contribution in [0.4, 0.5) is 5.69 Å². The number of aryl methyl sites for hydroxylation is 1. The number of hydrogen-bond donors (Lipinski definition) is 0. The molecule has 180 valence electrons. The van der Waals surface area contributed by atoms with Gasteiger partial charge in [-0.3, -0.25) is 4.79 Å². The summed E-state index contributed by atoms with van der Waals surface area (Å²) in [6.45, 7) is 2.08. The van der Waals surface area contributed by atoms with Crippen molar-refractivity contribution in [2.75, 3.05) is 25.2 Å². The lowest BCUT2D eigenvalue weighted by atomic mass is 10.1. The van der Waals surface area contributed by atoms with Crippen LogP contribution in [-0.4, -0.2) is 35.7 Å². The lowest BCUT2D eigenvalue weighted by molar-refractivity contribution is -0.117. The molecule has 5 rings (SSSR count). The number of amides is 1. The van der Waals surface area contributed by atoms with Crippen LogP contribution in [0.15, 0.2) is 72.8 Å². The maximum Gasteiger partial charge on any atom is 0.227 e. The number of anilines is 1. The first-order valence-electron chi connectivity index (χ1n) is 11.9. The van der Waals surface area contributed by atoms with E-state index in [1.165, 1.54) is 0 Å². The lowest BCUT2D eigenvalue weighted by Crippen LogP contribution is -2.24. The molecule has 0 spiro atoms. The molecule has 0 radical (unpaired) electrons. The number of nitrogens with zero attached hydrogens (tertiary/aromatic N) is 3. The molecular formula is C28H28ClN3O3. The largest absolute Gasteiger partial charge is 0.497 e. The van der Waals surface area contributed by atoms with Crippen LogP contribution in [0.2, 0.25) is 5.02 Å². The zero-order chi connectivity index (χ0) is 24.2. The maximum absolute atomic E-state index is 12.9. The fourth-order valence-corrected chi connectivity index (χ4v) is 4.75. The first-order valence-corrected chi connectivity index (χ1v) is 12.3. The van der Waals surface area contributed by atoms with E-state index >= 15 is 0 Å². The number of rotatable bonds is 9. The molecule has 3 aromatic carbocycles. The molecule has 7 heteroatoms. The Morgan fingerprint density at radius 3 is 2.49 bits per heavy atom. The monoisotopic (exact) mass is 489 g/mol. The number of aromatic nitrogens is 2. The van der Waals surface area contributed by atoms with Gasteiger partial charge in [0.05, 0.1) is 24.8 Å². The van der Waals surface area contributed by atoms with Gasteiger partial charge in [0.25, 0.3) is 0 Å². The third kappa shape index (κ3) is 5.13. The number of carbonyl (C=O) groups is 1. The van der Waals surface area contributed by atoms with E-state index < -0.39 is 0 Å². The van der Waals surface area contributed by atoms with Crippen molar-refractivity contribution < 1.29 is 14.3 Å². The zero-order valence-electron chi connectivity index (χ0n) is 19.7. The predicted octanol–water partition coefficient (Wildman–Crippen LogP) is 6.08. The number of carbonyl (C=O) groups excluding carboxylic acids is 1. The number of unbranched alkanes of at least 4 members (excludes halogenated alkanes) is 1. The number of imidazole rings is 1. The summed E-state index contributed by atoms with van der Waals surface area (Å²) < 4.78 is 13.4. The minimum atomic E-state index is 0.0427. The van der Waals surface area contributed by atoms with Gasteiger partial charge in [-0.05, 0) is 73.5 Å². The molecule has 1 unspecified atom stereocenters. The number of fused-ring (bicyclic) bond motifs is 1. The van der Waals surface area contributed by atoms with Crippen LogP contribution >= 0.6 is 11.6 Å². The van der Waals surface area contributed by atoms with Crippen molar-refractivity contribution in [2.45, 2.75) is 31.7 Å². The summed E-state index contributed by atoms with van der Waals surface area (Å²) in [7, 11) is 1.65. The van der Waals surface area contributed by atoms with Gasteiger partial charge >= 0.3 is 0 Å². The molecule has 2 heterocycles. The highest BCUT2D eigenvalue weighted by atomic mass is 35.5. The molecule has 0 N–H and O–H groups in total. The topological polar surface area (TPSA) is 56.6 Å². The van der Waals surface area contributed by atoms with E-state index in [2.05, 4.69) is 10.6 Å². The molecule has 0 bridgehead atoms. The van der Waals surface area contributed by atoms with Gasteiger partial charge in [0.2, 0.25) is 5.91 Å². The van der Waals surface area contributed by atoms with Crippen molar-refractivity contribution in [1.82, 2.24) is 9.55 Å². The first kappa shape index (κ1) is 23.2. The molecule has 0 saturated carbocycles. The van der Waals surface area contributed by atoms with Crippen LogP contribution in [0.5, 0.6) is 11.5 Å². The lowest BCUT2D eigenvalue weighted by Gasteiger charge is -2.17. The predicted molar refractivity (Wildman–Crippen MR) is 139 cm³/mol. The molecular weight excluding hydrogens is 462 g/mol. The minimum Gasteiger partial charge on any atom is -0.497 e. The molecule has 6 nitrogen and oxygen atoms in total. The highest BCUT2D eigenvalue weighted by Crippen LogP contribution is 2.33. The maximum atomic E-state index is 12.9. The van der Waals surface area contributed by atoms with Crippen LogP contribution in [-0.2, 0) is 11.3 Å². The Morgan fingerprint density at radius 2 is 1.71 bits per heavy atom. The Hall–Kier alpha value is -3.51. The normalized spacial score (nSPS) is 15.7. The second-order valence-corrected chi connectivity index (χ2v) is 9.16. The number of ether oxygens (including phenoxy) is 2. The number of para-hydroxylation sites is 2. The van der Waals surface area contributed by atoms with E-state index in [1.54, 1.807) is 7.11 Å². The molecule has 35 heavy (non-hydrogen) atoms. The van der Waals surface area contributed by atoms with Crippen molar-refractivity contribution in [1.29, 1.82) is 0 Å². The average molecular weight is 490 g/mol. The summed E-state index contributed by atoms with van der Waals surface area (Å²) in [5, 5.41) is 0.662. The van der Waals surface area contributed by atoms with E-state index in [4.69, 9.17) is 26.1 Å². The van der Waals surface area contributed by atoms with Crippen LogP contribution in [0, 0.1) is 0 Å². The Bertz CT molecular complexity index is 1300. The molecule has 4 aromatic rings. The van der Waals surface area contributed by atoms with Crippen molar-refractivity contribution in [3.05, 3.63) is 83.6 Å². The van der Waals surface area contributed by atoms with Gasteiger partial charge in [-0.15, -0.1) is 0 Å². The number of methoxy groups -OCH3 is 1. The SMILES string of the molecule is COc1ccc(OCCCCn2c(C3CC(=O)N(c4ccc(Cl)cc4)C3)nc3ccccc32)cc1. The van der Waals surface area contributed by atoms with Crippen LogP contribution < -0.4 is 14.4 Å². The van der Waals surface area contributed by atoms with Crippen LogP contribution in [0.3, 0.4) is 0 Å². The van der Waals surface area contributed by atoms with Gasteiger partial charge in [0.1, 0.15) is 17.3 Å². The van der Waals surface area contributed by atoms with E-state index in [0.717, 1.165) is 53.4 Å². The minimum absolute atomic E-state index is 0.0427. The third-order valence-electron chi connectivity index (χ3n) is 6.42. The smallest absolute Gasteiger partial charge is 0.227 e. The van der Waals surface area contributed by atoms with Crippen molar-refractivity contribution >= 4 is 34.2 Å². The summed E-state index contributed by atoms with van der Waals surface area (Å²) in [5.74, 6) is 2.79. The third-order valence-corrected chi connectivity index (χ3v) is 6.67. The molecule has 1 fully saturated rings. The Balaban J connectivity index is 1.26. The molecule has 1 aromatic heterocycles. The molecule has 1 aliphatic rings. The highest BCUT2D eigenvalue weighted by Gasteiger charge is 2.34. The second-order valence-electron chi connectivity index (χ2n) is 8.72. The van der Waals surface area contributed by atoms with E-state index in [-0.39, 0.29) is 11.8 Å².